The lowest BCUT2D eigenvalue weighted by atomic mass is 10.1. The molecule has 0 amide bonds. The Labute approximate surface area is 209 Å². The zero-order valence-corrected chi connectivity index (χ0v) is 23.1. The fourth-order valence-electron chi connectivity index (χ4n) is 4.72. The van der Waals surface area contributed by atoms with Gasteiger partial charge in [0.1, 0.15) is 0 Å². The first-order valence-electron chi connectivity index (χ1n) is 14.2. The van der Waals surface area contributed by atoms with Crippen molar-refractivity contribution in [3.05, 3.63) is 0 Å². The Hall–Kier alpha value is 0.0400. The van der Waals surface area contributed by atoms with Gasteiger partial charge in [-0.05, 0) is 25.7 Å². The molecule has 0 aromatic heterocycles. The van der Waals surface area contributed by atoms with Gasteiger partial charge in [-0.15, -0.1) is 23.5 Å². The van der Waals surface area contributed by atoms with Gasteiger partial charge in [0.15, 0.2) is 0 Å². The maximum absolute atomic E-state index is 5.08. The third-order valence-corrected chi connectivity index (χ3v) is 9.20. The summed E-state index contributed by atoms with van der Waals surface area (Å²) < 4.78 is 0. The molecule has 0 aliphatic carbocycles. The van der Waals surface area contributed by atoms with Gasteiger partial charge in [-0.3, -0.25) is 9.98 Å². The summed E-state index contributed by atoms with van der Waals surface area (Å²) in [6.45, 7) is 4.59. The molecule has 32 heavy (non-hydrogen) atoms. The molecule has 0 aromatic carbocycles. The Morgan fingerprint density at radius 3 is 1.16 bits per heavy atom. The van der Waals surface area contributed by atoms with Crippen LogP contribution in [0.2, 0.25) is 0 Å². The van der Waals surface area contributed by atoms with Crippen molar-refractivity contribution >= 4 is 33.6 Å². The Morgan fingerprint density at radius 2 is 0.812 bits per heavy atom. The van der Waals surface area contributed by atoms with E-state index in [2.05, 4.69) is 13.8 Å². The molecule has 0 saturated heterocycles. The minimum Gasteiger partial charge on any atom is -0.276 e. The second kappa shape index (κ2) is 19.4. The highest BCUT2D eigenvalue weighted by Crippen LogP contribution is 2.31. The zero-order chi connectivity index (χ0) is 22.7. The van der Waals surface area contributed by atoms with E-state index in [-0.39, 0.29) is 0 Å². The van der Waals surface area contributed by atoms with Crippen molar-refractivity contribution in [3.63, 3.8) is 0 Å². The summed E-state index contributed by atoms with van der Waals surface area (Å²) in [6, 6.07) is 0.920. The lowest BCUT2D eigenvalue weighted by molar-refractivity contribution is 0.568. The first-order valence-corrected chi connectivity index (χ1v) is 16.2. The van der Waals surface area contributed by atoms with Crippen molar-refractivity contribution in [2.75, 3.05) is 11.5 Å². The van der Waals surface area contributed by atoms with Crippen molar-refractivity contribution in [1.29, 1.82) is 0 Å². The predicted molar refractivity (Wildman–Crippen MR) is 151 cm³/mol. The van der Waals surface area contributed by atoms with E-state index in [0.717, 1.165) is 0 Å². The van der Waals surface area contributed by atoms with E-state index in [1.54, 1.807) is 0 Å². The van der Waals surface area contributed by atoms with E-state index < -0.39 is 0 Å². The largest absolute Gasteiger partial charge is 0.276 e. The molecule has 4 heteroatoms. The molecule has 0 spiro atoms. The second-order valence-electron chi connectivity index (χ2n) is 9.96. The number of aliphatic imine (C=N–C) groups is 2. The van der Waals surface area contributed by atoms with Crippen LogP contribution in [0.3, 0.4) is 0 Å². The van der Waals surface area contributed by atoms with Crippen LogP contribution >= 0.6 is 23.5 Å². The smallest absolute Gasteiger partial charge is 0.0835 e. The first kappa shape index (κ1) is 28.3. The topological polar surface area (TPSA) is 24.7 Å². The highest BCUT2D eigenvalue weighted by Gasteiger charge is 2.30. The molecule has 2 aliphatic heterocycles. The maximum Gasteiger partial charge on any atom is 0.0835 e. The number of nitrogens with zero attached hydrogens (tertiary/aromatic N) is 2. The first-order chi connectivity index (χ1) is 15.8. The Kier molecular flexibility index (Phi) is 17.1. The van der Waals surface area contributed by atoms with Gasteiger partial charge in [0.25, 0.3) is 0 Å². The molecule has 0 fully saturated rings. The molecule has 2 atom stereocenters. The van der Waals surface area contributed by atoms with E-state index in [0.29, 0.717) is 12.1 Å². The SMILES string of the molecule is CCCCCCCCCCCC1=NC([C@H]2CSC(CCCCCCCCCCC)=N2)CS1. The minimum absolute atomic E-state index is 0.460. The van der Waals surface area contributed by atoms with Gasteiger partial charge in [-0.2, -0.15) is 0 Å². The van der Waals surface area contributed by atoms with Crippen LogP contribution < -0.4 is 0 Å². The van der Waals surface area contributed by atoms with E-state index in [9.17, 15) is 0 Å². The quantitative estimate of drug-likeness (QED) is 0.153. The summed E-state index contributed by atoms with van der Waals surface area (Å²) in [5.41, 5.74) is 0. The molecular weight excluding hydrogens is 428 g/mol. The van der Waals surface area contributed by atoms with Gasteiger partial charge in [-0.25, -0.2) is 0 Å². The van der Waals surface area contributed by atoms with Gasteiger partial charge in [0.2, 0.25) is 0 Å². The molecule has 0 N–H and O–H groups in total. The van der Waals surface area contributed by atoms with Crippen LogP contribution in [0.5, 0.6) is 0 Å². The second-order valence-corrected chi connectivity index (χ2v) is 12.1. The van der Waals surface area contributed by atoms with E-state index in [1.807, 2.05) is 23.5 Å². The summed E-state index contributed by atoms with van der Waals surface area (Å²) in [4.78, 5) is 10.2. The summed E-state index contributed by atoms with van der Waals surface area (Å²) in [5, 5.41) is 2.84. The van der Waals surface area contributed by atoms with Crippen LogP contribution in [-0.2, 0) is 0 Å². The molecule has 0 saturated carbocycles. The van der Waals surface area contributed by atoms with E-state index >= 15 is 0 Å². The number of hydrogen-bond donors (Lipinski definition) is 0. The van der Waals surface area contributed by atoms with Crippen LogP contribution in [0.1, 0.15) is 142 Å². The fraction of sp³-hybridized carbons (Fsp3) is 0.929. The standard InChI is InChI=1S/C28H52N2S2/c1-3-5-7-9-11-13-15-17-19-21-27-29-25(23-31-27)26-24-32-28(30-26)22-20-18-16-14-12-10-8-6-4-2/h25-26H,3-24H2,1-2H3/t25-,26?/m1/s1. The molecular formula is C28H52N2S2. The van der Waals surface area contributed by atoms with Crippen molar-refractivity contribution in [1.82, 2.24) is 0 Å². The van der Waals surface area contributed by atoms with Gasteiger partial charge >= 0.3 is 0 Å². The Bertz CT molecular complexity index is 472. The molecule has 2 aliphatic rings. The number of thioether (sulfide) groups is 2. The molecule has 2 rings (SSSR count). The normalized spacial score (nSPS) is 20.7. The van der Waals surface area contributed by atoms with Gasteiger partial charge in [0.05, 0.1) is 22.2 Å². The fourth-order valence-corrected chi connectivity index (χ4v) is 7.04. The molecule has 2 nitrogen and oxygen atoms in total. The number of unbranched alkanes of at least 4 members (excludes halogenated alkanes) is 16. The lowest BCUT2D eigenvalue weighted by Crippen LogP contribution is -2.23. The molecule has 186 valence electrons. The Balaban J connectivity index is 1.48. The van der Waals surface area contributed by atoms with Crippen molar-refractivity contribution in [2.24, 2.45) is 9.98 Å². The minimum atomic E-state index is 0.460. The number of hydrogen-bond acceptors (Lipinski definition) is 4. The predicted octanol–water partition coefficient (Wildman–Crippen LogP) is 9.86. The average Bonchev–Trinajstić information content (AvgIpc) is 3.46. The molecule has 0 aromatic rings. The third kappa shape index (κ3) is 13.1. The molecule has 0 radical (unpaired) electrons. The highest BCUT2D eigenvalue weighted by molar-refractivity contribution is 8.14. The van der Waals surface area contributed by atoms with Crippen LogP contribution in [0.4, 0.5) is 0 Å². The van der Waals surface area contributed by atoms with E-state index in [1.165, 1.54) is 150 Å². The van der Waals surface area contributed by atoms with E-state index in [4.69, 9.17) is 9.98 Å². The summed E-state index contributed by atoms with van der Waals surface area (Å²) in [5.74, 6) is 2.35. The van der Waals surface area contributed by atoms with Crippen LogP contribution in [-0.4, -0.2) is 33.7 Å². The summed E-state index contributed by atoms with van der Waals surface area (Å²) in [6.07, 6.45) is 27.8. The Morgan fingerprint density at radius 1 is 0.500 bits per heavy atom. The van der Waals surface area contributed by atoms with Crippen molar-refractivity contribution in [3.8, 4) is 0 Å². The van der Waals surface area contributed by atoms with Gasteiger partial charge in [-0.1, -0.05) is 117 Å². The van der Waals surface area contributed by atoms with Crippen molar-refractivity contribution in [2.45, 2.75) is 154 Å². The van der Waals surface area contributed by atoms with Crippen molar-refractivity contribution < 1.29 is 0 Å². The third-order valence-electron chi connectivity index (χ3n) is 6.89. The molecule has 0 bridgehead atoms. The van der Waals surface area contributed by atoms with Gasteiger partial charge < -0.3 is 0 Å². The van der Waals surface area contributed by atoms with Gasteiger partial charge in [0, 0.05) is 11.5 Å². The highest BCUT2D eigenvalue weighted by atomic mass is 32.2. The average molecular weight is 481 g/mol. The number of rotatable bonds is 21. The van der Waals surface area contributed by atoms with Crippen LogP contribution in [0, 0.1) is 0 Å². The molecule has 2 heterocycles. The lowest BCUT2D eigenvalue weighted by Gasteiger charge is -2.10. The van der Waals surface area contributed by atoms with Crippen LogP contribution in [0.25, 0.3) is 0 Å². The maximum atomic E-state index is 5.08. The van der Waals surface area contributed by atoms with Crippen LogP contribution in [0.15, 0.2) is 9.98 Å². The molecule has 1 unspecified atom stereocenters. The zero-order valence-electron chi connectivity index (χ0n) is 21.4. The summed E-state index contributed by atoms with van der Waals surface area (Å²) in [7, 11) is 0. The monoisotopic (exact) mass is 480 g/mol. The summed E-state index contributed by atoms with van der Waals surface area (Å²) >= 11 is 4.04.